The highest BCUT2D eigenvalue weighted by Gasteiger charge is 2.12. The monoisotopic (exact) mass is 330 g/mol. The summed E-state index contributed by atoms with van der Waals surface area (Å²) in [4.78, 5) is 4.73. The zero-order valence-electron chi connectivity index (χ0n) is 9.38. The van der Waals surface area contributed by atoms with Gasteiger partial charge in [-0.25, -0.2) is 13.8 Å². The number of aromatic nitrogens is 1. The van der Waals surface area contributed by atoms with Crippen LogP contribution in [-0.4, -0.2) is 12.0 Å². The lowest BCUT2D eigenvalue weighted by atomic mass is 10.4. The zero-order chi connectivity index (χ0) is 13.1. The van der Waals surface area contributed by atoms with E-state index in [0.717, 1.165) is 27.2 Å². The van der Waals surface area contributed by atoms with E-state index in [9.17, 15) is 8.78 Å². The Hall–Kier alpha value is -1.14. The molecule has 2 rings (SSSR count). The van der Waals surface area contributed by atoms with Crippen molar-refractivity contribution in [1.82, 2.24) is 4.98 Å². The summed E-state index contributed by atoms with van der Waals surface area (Å²) in [5, 5.41) is 2.73. The fourth-order valence-corrected chi connectivity index (χ4v) is 2.36. The predicted octanol–water partition coefficient (Wildman–Crippen LogP) is 4.32. The Labute approximate surface area is 116 Å². The standard InChI is InChI=1S/C12H9BrF2N2S/c1-16-11-9(14)6-10(15)12(17-11)18-8-4-2-7(13)3-5-8/h2-6H,1H3,(H,16,17). The van der Waals surface area contributed by atoms with Crippen molar-refractivity contribution in [2.24, 2.45) is 0 Å². The summed E-state index contributed by atoms with van der Waals surface area (Å²) >= 11 is 4.47. The smallest absolute Gasteiger partial charge is 0.168 e. The molecule has 0 amide bonds. The summed E-state index contributed by atoms with van der Waals surface area (Å²) in [6, 6.07) is 8.20. The second kappa shape index (κ2) is 5.67. The highest BCUT2D eigenvalue weighted by Crippen LogP contribution is 2.30. The summed E-state index contributed by atoms with van der Waals surface area (Å²) in [5.74, 6) is -1.33. The van der Waals surface area contributed by atoms with Crippen LogP contribution in [0.25, 0.3) is 0 Å². The van der Waals surface area contributed by atoms with Gasteiger partial charge in [0.1, 0.15) is 5.03 Å². The van der Waals surface area contributed by atoms with Gasteiger partial charge in [-0.1, -0.05) is 27.7 Å². The molecule has 0 aliphatic rings. The van der Waals surface area contributed by atoms with Crippen LogP contribution in [0.1, 0.15) is 0 Å². The lowest BCUT2D eigenvalue weighted by Crippen LogP contribution is -1.99. The van der Waals surface area contributed by atoms with Gasteiger partial charge < -0.3 is 5.32 Å². The molecule has 2 aromatic rings. The van der Waals surface area contributed by atoms with Crippen LogP contribution in [0.3, 0.4) is 0 Å². The van der Waals surface area contributed by atoms with Gasteiger partial charge in [-0.15, -0.1) is 0 Å². The van der Waals surface area contributed by atoms with E-state index in [0.29, 0.717) is 0 Å². The van der Waals surface area contributed by atoms with Gasteiger partial charge in [-0.2, -0.15) is 0 Å². The van der Waals surface area contributed by atoms with E-state index in [1.54, 1.807) is 0 Å². The average molecular weight is 331 g/mol. The van der Waals surface area contributed by atoms with Crippen molar-refractivity contribution in [2.45, 2.75) is 9.92 Å². The van der Waals surface area contributed by atoms with Crippen LogP contribution in [0.5, 0.6) is 0 Å². The molecule has 6 heteroatoms. The molecule has 1 aromatic carbocycles. The Morgan fingerprint density at radius 2 is 1.83 bits per heavy atom. The minimum atomic E-state index is -0.699. The predicted molar refractivity (Wildman–Crippen MR) is 72.0 cm³/mol. The van der Waals surface area contributed by atoms with Gasteiger partial charge in [0.25, 0.3) is 0 Å². The summed E-state index contributed by atoms with van der Waals surface area (Å²) in [7, 11) is 1.54. The molecule has 1 aromatic heterocycles. The van der Waals surface area contributed by atoms with Crippen molar-refractivity contribution in [1.29, 1.82) is 0 Å². The highest BCUT2D eigenvalue weighted by molar-refractivity contribution is 9.10. The number of benzene rings is 1. The maximum atomic E-state index is 13.6. The van der Waals surface area contributed by atoms with Gasteiger partial charge >= 0.3 is 0 Å². The lowest BCUT2D eigenvalue weighted by Gasteiger charge is -2.06. The van der Waals surface area contributed by atoms with E-state index < -0.39 is 11.6 Å². The minimum absolute atomic E-state index is 0.0380. The third-order valence-corrected chi connectivity index (χ3v) is 3.68. The number of nitrogens with one attached hydrogen (secondary N) is 1. The SMILES string of the molecule is CNc1nc(Sc2ccc(Br)cc2)c(F)cc1F. The van der Waals surface area contributed by atoms with Crippen LogP contribution in [0.2, 0.25) is 0 Å². The fraction of sp³-hybridized carbons (Fsp3) is 0.0833. The van der Waals surface area contributed by atoms with Crippen molar-refractivity contribution < 1.29 is 8.78 Å². The second-order valence-corrected chi connectivity index (χ2v) is 5.39. The first-order valence-corrected chi connectivity index (χ1v) is 6.68. The van der Waals surface area contributed by atoms with E-state index in [1.807, 2.05) is 24.3 Å². The van der Waals surface area contributed by atoms with Crippen LogP contribution >= 0.6 is 27.7 Å². The first-order chi connectivity index (χ1) is 8.60. The Morgan fingerprint density at radius 1 is 1.17 bits per heavy atom. The Balaban J connectivity index is 2.31. The van der Waals surface area contributed by atoms with E-state index in [2.05, 4.69) is 26.2 Å². The van der Waals surface area contributed by atoms with E-state index in [1.165, 1.54) is 7.05 Å². The number of anilines is 1. The molecule has 0 bridgehead atoms. The summed E-state index contributed by atoms with van der Waals surface area (Å²) in [6.45, 7) is 0. The molecular weight excluding hydrogens is 322 g/mol. The molecule has 0 fully saturated rings. The van der Waals surface area contributed by atoms with E-state index >= 15 is 0 Å². The number of halogens is 3. The van der Waals surface area contributed by atoms with E-state index in [4.69, 9.17) is 0 Å². The Kier molecular flexibility index (Phi) is 4.19. The van der Waals surface area contributed by atoms with E-state index in [-0.39, 0.29) is 10.8 Å². The molecule has 1 N–H and O–H groups in total. The molecule has 2 nitrogen and oxygen atoms in total. The topological polar surface area (TPSA) is 24.9 Å². The molecule has 0 saturated carbocycles. The molecule has 0 radical (unpaired) electrons. The zero-order valence-corrected chi connectivity index (χ0v) is 11.8. The van der Waals surface area contributed by atoms with Crippen molar-refractivity contribution in [3.8, 4) is 0 Å². The molecular formula is C12H9BrF2N2S. The quantitative estimate of drug-likeness (QED) is 0.907. The van der Waals surface area contributed by atoms with Crippen molar-refractivity contribution in [3.05, 3.63) is 46.4 Å². The molecule has 0 atom stereocenters. The number of pyridine rings is 1. The number of rotatable bonds is 3. The third kappa shape index (κ3) is 3.00. The molecule has 18 heavy (non-hydrogen) atoms. The summed E-state index contributed by atoms with van der Waals surface area (Å²) in [5.41, 5.74) is 0. The summed E-state index contributed by atoms with van der Waals surface area (Å²) in [6.07, 6.45) is 0. The minimum Gasteiger partial charge on any atom is -0.371 e. The highest BCUT2D eigenvalue weighted by atomic mass is 79.9. The van der Waals surface area contributed by atoms with Gasteiger partial charge in [-0.05, 0) is 24.3 Å². The van der Waals surface area contributed by atoms with Gasteiger partial charge in [0.2, 0.25) is 0 Å². The Bertz CT molecular complexity index is 561. The number of nitrogens with zero attached hydrogens (tertiary/aromatic N) is 1. The molecule has 0 aliphatic heterocycles. The fourth-order valence-electron chi connectivity index (χ4n) is 1.31. The normalized spacial score (nSPS) is 10.4. The van der Waals surface area contributed by atoms with Gasteiger partial charge in [0.05, 0.1) is 0 Å². The third-order valence-electron chi connectivity index (χ3n) is 2.16. The van der Waals surface area contributed by atoms with Crippen LogP contribution in [-0.2, 0) is 0 Å². The van der Waals surface area contributed by atoms with Crippen LogP contribution in [0.15, 0.2) is 44.7 Å². The largest absolute Gasteiger partial charge is 0.371 e. The number of hydrogen-bond acceptors (Lipinski definition) is 3. The van der Waals surface area contributed by atoms with Gasteiger partial charge in [0.15, 0.2) is 17.5 Å². The van der Waals surface area contributed by atoms with Crippen LogP contribution < -0.4 is 5.32 Å². The second-order valence-electron chi connectivity index (χ2n) is 3.41. The maximum Gasteiger partial charge on any atom is 0.168 e. The van der Waals surface area contributed by atoms with Gasteiger partial charge in [-0.3, -0.25) is 0 Å². The molecule has 0 unspecified atom stereocenters. The molecule has 0 spiro atoms. The maximum absolute atomic E-state index is 13.6. The van der Waals surface area contributed by atoms with Crippen molar-refractivity contribution in [2.75, 3.05) is 12.4 Å². The van der Waals surface area contributed by atoms with Crippen LogP contribution in [0, 0.1) is 11.6 Å². The first-order valence-electron chi connectivity index (χ1n) is 5.07. The van der Waals surface area contributed by atoms with Crippen molar-refractivity contribution in [3.63, 3.8) is 0 Å². The van der Waals surface area contributed by atoms with Gasteiger partial charge in [0, 0.05) is 22.5 Å². The van der Waals surface area contributed by atoms with Crippen LogP contribution in [0.4, 0.5) is 14.6 Å². The Morgan fingerprint density at radius 3 is 2.44 bits per heavy atom. The summed E-state index contributed by atoms with van der Waals surface area (Å²) < 4.78 is 27.8. The van der Waals surface area contributed by atoms with Crippen molar-refractivity contribution >= 4 is 33.5 Å². The molecule has 0 saturated heterocycles. The average Bonchev–Trinajstić information content (AvgIpc) is 2.35. The molecule has 1 heterocycles. The molecule has 94 valence electrons. The number of hydrogen-bond donors (Lipinski definition) is 1. The molecule has 0 aliphatic carbocycles. The first kappa shape index (κ1) is 13.3. The lowest BCUT2D eigenvalue weighted by molar-refractivity contribution is 0.552.